The van der Waals surface area contributed by atoms with Crippen LogP contribution < -0.4 is 5.73 Å². The Morgan fingerprint density at radius 1 is 1.43 bits per heavy atom. The molecule has 0 amide bonds. The van der Waals surface area contributed by atoms with Gasteiger partial charge in [0.1, 0.15) is 5.52 Å². The summed E-state index contributed by atoms with van der Waals surface area (Å²) in [5.74, 6) is 1.07. The first-order valence-electron chi connectivity index (χ1n) is 4.44. The summed E-state index contributed by atoms with van der Waals surface area (Å²) < 4.78 is 6.59. The van der Waals surface area contributed by atoms with E-state index in [-0.39, 0.29) is 0 Å². The quantitative estimate of drug-likeness (QED) is 0.650. The molecule has 4 heteroatoms. The van der Waals surface area contributed by atoms with Crippen LogP contribution in [0.5, 0.6) is 0 Å². The van der Waals surface area contributed by atoms with Crippen molar-refractivity contribution in [2.75, 3.05) is 5.73 Å². The lowest BCUT2D eigenvalue weighted by molar-refractivity contribution is 0.500. The van der Waals surface area contributed by atoms with Crippen LogP contribution in [0, 0.1) is 3.57 Å². The molecule has 3 nitrogen and oxygen atoms in total. The third-order valence-electron chi connectivity index (χ3n) is 2.04. The summed E-state index contributed by atoms with van der Waals surface area (Å²) in [5, 5.41) is 0. The zero-order valence-electron chi connectivity index (χ0n) is 8.04. The van der Waals surface area contributed by atoms with Gasteiger partial charge in [-0.2, -0.15) is 0 Å². The molecule has 0 fully saturated rings. The van der Waals surface area contributed by atoms with Crippen LogP contribution in [-0.2, 0) is 0 Å². The van der Waals surface area contributed by atoms with Crippen molar-refractivity contribution in [2.45, 2.75) is 19.8 Å². The molecule has 0 aliphatic carbocycles. The fourth-order valence-electron chi connectivity index (χ4n) is 1.24. The molecule has 0 unspecified atom stereocenters. The summed E-state index contributed by atoms with van der Waals surface area (Å²) in [6.07, 6.45) is 0. The molecule has 0 spiro atoms. The lowest BCUT2D eigenvalue weighted by atomic mass is 10.2. The molecule has 1 aromatic heterocycles. The van der Waals surface area contributed by atoms with Crippen LogP contribution in [0.25, 0.3) is 11.1 Å². The van der Waals surface area contributed by atoms with E-state index >= 15 is 0 Å². The molecule has 2 aromatic rings. The Morgan fingerprint density at radius 3 is 2.79 bits per heavy atom. The van der Waals surface area contributed by atoms with Crippen LogP contribution in [0.1, 0.15) is 25.7 Å². The maximum Gasteiger partial charge on any atom is 0.198 e. The highest BCUT2D eigenvalue weighted by Crippen LogP contribution is 2.28. The first kappa shape index (κ1) is 9.76. The number of nitrogen functional groups attached to an aromatic ring is 1. The highest BCUT2D eigenvalue weighted by Gasteiger charge is 2.12. The van der Waals surface area contributed by atoms with Crippen molar-refractivity contribution in [1.82, 2.24) is 4.98 Å². The van der Waals surface area contributed by atoms with E-state index in [4.69, 9.17) is 10.2 Å². The number of halogens is 1. The van der Waals surface area contributed by atoms with E-state index in [2.05, 4.69) is 41.4 Å². The van der Waals surface area contributed by atoms with E-state index in [1.165, 1.54) is 0 Å². The van der Waals surface area contributed by atoms with Gasteiger partial charge in [-0.1, -0.05) is 13.8 Å². The predicted molar refractivity (Wildman–Crippen MR) is 65.2 cm³/mol. The molecular weight excluding hydrogens is 291 g/mol. The number of hydrogen-bond acceptors (Lipinski definition) is 3. The molecule has 0 bridgehead atoms. The second-order valence-electron chi connectivity index (χ2n) is 3.52. The number of oxazole rings is 1. The molecule has 0 aliphatic heterocycles. The van der Waals surface area contributed by atoms with Crippen LogP contribution in [-0.4, -0.2) is 4.98 Å². The maximum absolute atomic E-state index is 5.78. The van der Waals surface area contributed by atoms with E-state index < -0.39 is 0 Å². The van der Waals surface area contributed by atoms with E-state index in [9.17, 15) is 0 Å². The standard InChI is InChI=1S/C10H11IN2O/c1-5(2)10-13-7-4-3-6(12)8(11)9(7)14-10/h3-5H,12H2,1-2H3. The topological polar surface area (TPSA) is 52.0 Å². The average molecular weight is 302 g/mol. The van der Waals surface area contributed by atoms with Crippen LogP contribution in [0.15, 0.2) is 16.5 Å². The zero-order chi connectivity index (χ0) is 10.3. The maximum atomic E-state index is 5.78. The summed E-state index contributed by atoms with van der Waals surface area (Å²) >= 11 is 2.18. The normalized spacial score (nSPS) is 11.4. The Balaban J connectivity index is 2.71. The van der Waals surface area contributed by atoms with E-state index in [1.54, 1.807) is 0 Å². The molecule has 0 saturated heterocycles. The van der Waals surface area contributed by atoms with Crippen molar-refractivity contribution in [3.63, 3.8) is 0 Å². The Hall–Kier alpha value is -0.780. The summed E-state index contributed by atoms with van der Waals surface area (Å²) in [5.41, 5.74) is 8.20. The van der Waals surface area contributed by atoms with Crippen LogP contribution in [0.3, 0.4) is 0 Å². The number of nitrogens with zero attached hydrogens (tertiary/aromatic N) is 1. The first-order chi connectivity index (χ1) is 6.59. The molecule has 0 radical (unpaired) electrons. The van der Waals surface area contributed by atoms with Crippen molar-refractivity contribution in [3.05, 3.63) is 21.6 Å². The summed E-state index contributed by atoms with van der Waals surface area (Å²) in [6.45, 7) is 4.11. The molecule has 14 heavy (non-hydrogen) atoms. The SMILES string of the molecule is CC(C)c1nc2ccc(N)c(I)c2o1. The average Bonchev–Trinajstić information content (AvgIpc) is 2.56. The van der Waals surface area contributed by atoms with E-state index in [0.717, 1.165) is 26.2 Å². The largest absolute Gasteiger partial charge is 0.439 e. The van der Waals surface area contributed by atoms with Gasteiger partial charge in [0.2, 0.25) is 0 Å². The minimum absolute atomic E-state index is 0.305. The Morgan fingerprint density at radius 2 is 2.14 bits per heavy atom. The van der Waals surface area contributed by atoms with Crippen molar-refractivity contribution < 1.29 is 4.42 Å². The second kappa shape index (κ2) is 3.42. The molecule has 2 rings (SSSR count). The van der Waals surface area contributed by atoms with Gasteiger partial charge in [-0.3, -0.25) is 0 Å². The zero-order valence-corrected chi connectivity index (χ0v) is 10.2. The highest BCUT2D eigenvalue weighted by molar-refractivity contribution is 14.1. The van der Waals surface area contributed by atoms with Gasteiger partial charge < -0.3 is 10.2 Å². The molecule has 0 saturated carbocycles. The molecule has 1 heterocycles. The molecule has 1 aromatic carbocycles. The third-order valence-corrected chi connectivity index (χ3v) is 3.15. The summed E-state index contributed by atoms with van der Waals surface area (Å²) in [6, 6.07) is 3.75. The van der Waals surface area contributed by atoms with Gasteiger partial charge in [0.15, 0.2) is 11.5 Å². The molecule has 0 aliphatic rings. The highest BCUT2D eigenvalue weighted by atomic mass is 127. The number of fused-ring (bicyclic) bond motifs is 1. The van der Waals surface area contributed by atoms with Crippen LogP contribution in [0.4, 0.5) is 5.69 Å². The fourth-order valence-corrected chi connectivity index (χ4v) is 1.81. The van der Waals surface area contributed by atoms with Gasteiger partial charge in [-0.15, -0.1) is 0 Å². The number of rotatable bonds is 1. The molecule has 74 valence electrons. The van der Waals surface area contributed by atoms with Gasteiger partial charge in [-0.25, -0.2) is 4.98 Å². The number of anilines is 1. The summed E-state index contributed by atoms with van der Waals surface area (Å²) in [4.78, 5) is 4.39. The first-order valence-corrected chi connectivity index (χ1v) is 5.52. The van der Waals surface area contributed by atoms with Crippen LogP contribution >= 0.6 is 22.6 Å². The Labute approximate surface area is 95.8 Å². The minimum Gasteiger partial charge on any atom is -0.439 e. The lowest BCUT2D eigenvalue weighted by Gasteiger charge is -1.96. The van der Waals surface area contributed by atoms with Crippen molar-refractivity contribution in [2.24, 2.45) is 0 Å². The second-order valence-corrected chi connectivity index (χ2v) is 4.60. The van der Waals surface area contributed by atoms with Gasteiger partial charge in [0, 0.05) is 11.6 Å². The molecular formula is C10H11IN2O. The third kappa shape index (κ3) is 1.47. The van der Waals surface area contributed by atoms with Crippen molar-refractivity contribution in [3.8, 4) is 0 Å². The van der Waals surface area contributed by atoms with Crippen molar-refractivity contribution in [1.29, 1.82) is 0 Å². The predicted octanol–water partition coefficient (Wildman–Crippen LogP) is 3.14. The number of aromatic nitrogens is 1. The molecule has 2 N–H and O–H groups in total. The van der Waals surface area contributed by atoms with E-state index in [1.807, 2.05) is 12.1 Å². The number of nitrogens with two attached hydrogens (primary N) is 1. The van der Waals surface area contributed by atoms with Gasteiger partial charge in [0.25, 0.3) is 0 Å². The van der Waals surface area contributed by atoms with Gasteiger partial charge in [-0.05, 0) is 34.7 Å². The smallest absolute Gasteiger partial charge is 0.198 e. The number of hydrogen-bond donors (Lipinski definition) is 1. The summed E-state index contributed by atoms with van der Waals surface area (Å²) in [7, 11) is 0. The Bertz CT molecular complexity index is 476. The number of benzene rings is 1. The van der Waals surface area contributed by atoms with Gasteiger partial charge in [0.05, 0.1) is 3.57 Å². The fraction of sp³-hybridized carbons (Fsp3) is 0.300. The van der Waals surface area contributed by atoms with Crippen LogP contribution in [0.2, 0.25) is 0 Å². The monoisotopic (exact) mass is 302 g/mol. The molecule has 0 atom stereocenters. The Kier molecular flexibility index (Phi) is 2.38. The minimum atomic E-state index is 0.305. The lowest BCUT2D eigenvalue weighted by Crippen LogP contribution is -1.88. The van der Waals surface area contributed by atoms with Crippen molar-refractivity contribution >= 4 is 39.4 Å². The van der Waals surface area contributed by atoms with E-state index in [0.29, 0.717) is 5.92 Å². The van der Waals surface area contributed by atoms with Gasteiger partial charge >= 0.3 is 0 Å².